The molecule has 0 amide bonds. The third-order valence-electron chi connectivity index (χ3n) is 10.5. The van der Waals surface area contributed by atoms with Gasteiger partial charge in [-0.2, -0.15) is 0 Å². The molecule has 0 fully saturated rings. The van der Waals surface area contributed by atoms with Crippen LogP contribution < -0.4 is 0 Å². The zero-order chi connectivity index (χ0) is 44.4. The van der Waals surface area contributed by atoms with Crippen molar-refractivity contribution < 1.29 is 28.6 Å². The fraction of sp³-hybridized carbons (Fsp3) is 0.691. The highest BCUT2D eigenvalue weighted by Gasteiger charge is 2.19. The summed E-state index contributed by atoms with van der Waals surface area (Å²) in [4.78, 5) is 37.9. The van der Waals surface area contributed by atoms with Gasteiger partial charge in [-0.25, -0.2) is 0 Å². The molecule has 0 bridgehead atoms. The van der Waals surface area contributed by atoms with Gasteiger partial charge in [0.1, 0.15) is 13.2 Å². The van der Waals surface area contributed by atoms with Crippen LogP contribution in [0.4, 0.5) is 0 Å². The second-order valence-corrected chi connectivity index (χ2v) is 16.5. The second-order valence-electron chi connectivity index (χ2n) is 16.5. The van der Waals surface area contributed by atoms with Gasteiger partial charge in [0.15, 0.2) is 6.10 Å². The molecular weight excluding hydrogens is 757 g/mol. The predicted octanol–water partition coefficient (Wildman–Crippen LogP) is 16.4. The lowest BCUT2D eigenvalue weighted by atomic mass is 10.1. The SMILES string of the molecule is CC\C=C/C=C\C=C/C=C\C=C\C=C/CCCCCC(=O)OCC(COC(=O)CCCCCCCCCCCCC)OC(=O)CCCCCCCCC/C=C\CCCCCC. The Morgan fingerprint density at radius 2 is 0.656 bits per heavy atom. The van der Waals surface area contributed by atoms with Crippen LogP contribution in [0.5, 0.6) is 0 Å². The molecule has 61 heavy (non-hydrogen) atoms. The molecule has 0 heterocycles. The van der Waals surface area contributed by atoms with Crippen LogP contribution >= 0.6 is 0 Å². The van der Waals surface area contributed by atoms with E-state index in [9.17, 15) is 14.4 Å². The van der Waals surface area contributed by atoms with Crippen molar-refractivity contribution >= 4 is 17.9 Å². The Hall–Kier alpha value is -3.41. The summed E-state index contributed by atoms with van der Waals surface area (Å²) in [5.74, 6) is -0.943. The van der Waals surface area contributed by atoms with Crippen LogP contribution in [0.3, 0.4) is 0 Å². The third-order valence-corrected chi connectivity index (χ3v) is 10.5. The summed E-state index contributed by atoms with van der Waals surface area (Å²) in [6, 6.07) is 0. The topological polar surface area (TPSA) is 78.9 Å². The summed E-state index contributed by atoms with van der Waals surface area (Å²) >= 11 is 0. The van der Waals surface area contributed by atoms with Crippen LogP contribution in [0.1, 0.15) is 226 Å². The van der Waals surface area contributed by atoms with Crippen molar-refractivity contribution in [3.8, 4) is 0 Å². The molecule has 0 aliphatic carbocycles. The molecular formula is C55H92O6. The molecule has 0 saturated heterocycles. The highest BCUT2D eigenvalue weighted by Crippen LogP contribution is 2.14. The van der Waals surface area contributed by atoms with Crippen LogP contribution in [-0.4, -0.2) is 37.2 Å². The van der Waals surface area contributed by atoms with Gasteiger partial charge in [0.05, 0.1) is 0 Å². The maximum Gasteiger partial charge on any atom is 0.306 e. The average molecular weight is 849 g/mol. The van der Waals surface area contributed by atoms with Crippen LogP contribution in [0, 0.1) is 0 Å². The minimum absolute atomic E-state index is 0.0918. The van der Waals surface area contributed by atoms with Crippen molar-refractivity contribution in [1.29, 1.82) is 0 Å². The molecule has 0 saturated carbocycles. The largest absolute Gasteiger partial charge is 0.462 e. The van der Waals surface area contributed by atoms with Crippen molar-refractivity contribution in [1.82, 2.24) is 0 Å². The van der Waals surface area contributed by atoms with E-state index < -0.39 is 6.10 Å². The minimum atomic E-state index is -0.794. The van der Waals surface area contributed by atoms with E-state index in [2.05, 4.69) is 45.1 Å². The molecule has 0 rings (SSSR count). The first-order chi connectivity index (χ1) is 30.0. The number of carbonyl (C=O) groups is 3. The quantitative estimate of drug-likeness (QED) is 0.0200. The Morgan fingerprint density at radius 3 is 1.08 bits per heavy atom. The van der Waals surface area contributed by atoms with Crippen LogP contribution in [-0.2, 0) is 28.6 Å². The monoisotopic (exact) mass is 849 g/mol. The smallest absolute Gasteiger partial charge is 0.306 e. The van der Waals surface area contributed by atoms with Gasteiger partial charge >= 0.3 is 17.9 Å². The Balaban J connectivity index is 4.47. The molecule has 1 atom stereocenters. The van der Waals surface area contributed by atoms with Gasteiger partial charge in [-0.05, 0) is 64.2 Å². The fourth-order valence-electron chi connectivity index (χ4n) is 6.76. The van der Waals surface area contributed by atoms with Gasteiger partial charge in [0.2, 0.25) is 0 Å². The van der Waals surface area contributed by atoms with Crippen molar-refractivity contribution in [3.63, 3.8) is 0 Å². The Kier molecular flexibility index (Phi) is 46.5. The first-order valence-electron chi connectivity index (χ1n) is 25.2. The van der Waals surface area contributed by atoms with Crippen molar-refractivity contribution in [3.05, 3.63) is 85.1 Å². The number of rotatable bonds is 44. The lowest BCUT2D eigenvalue weighted by Crippen LogP contribution is -2.30. The van der Waals surface area contributed by atoms with E-state index in [1.54, 1.807) is 0 Å². The Labute approximate surface area is 375 Å². The van der Waals surface area contributed by atoms with E-state index in [0.29, 0.717) is 19.3 Å². The third kappa shape index (κ3) is 47.5. The number of carbonyl (C=O) groups excluding carboxylic acids is 3. The van der Waals surface area contributed by atoms with E-state index in [1.807, 2.05) is 60.8 Å². The van der Waals surface area contributed by atoms with E-state index in [1.165, 1.54) is 116 Å². The van der Waals surface area contributed by atoms with Gasteiger partial charge in [-0.3, -0.25) is 14.4 Å². The standard InChI is InChI=1S/C55H92O6/c1-4-7-10-13-16-19-22-24-26-27-29-30-33-36-39-42-45-48-54(57)60-51-52(50-59-53(56)47-44-41-38-35-32-21-18-15-12-9-6-3)61-55(58)49-46-43-40-37-34-31-28-25-23-20-17-14-11-8-5-2/h7,10,13,16,19-20,22-24,26-27,29-30,33,52H,4-6,8-9,11-12,14-15,17-18,21,25,28,31-32,34-51H2,1-3H3/b10-7-,16-13-,22-19-,23-20-,26-24-,29-27+,33-30-. The predicted molar refractivity (Wildman–Crippen MR) is 261 cm³/mol. The number of unbranched alkanes of at least 4 members (excludes halogenated alkanes) is 24. The number of esters is 3. The Bertz CT molecular complexity index is 1200. The summed E-state index contributed by atoms with van der Waals surface area (Å²) < 4.78 is 16.7. The minimum Gasteiger partial charge on any atom is -0.462 e. The van der Waals surface area contributed by atoms with Gasteiger partial charge < -0.3 is 14.2 Å². The van der Waals surface area contributed by atoms with Gasteiger partial charge in [-0.15, -0.1) is 0 Å². The van der Waals surface area contributed by atoms with Crippen molar-refractivity contribution in [2.45, 2.75) is 232 Å². The summed E-state index contributed by atoms with van der Waals surface area (Å²) in [7, 11) is 0. The van der Waals surface area contributed by atoms with Crippen LogP contribution in [0.2, 0.25) is 0 Å². The molecule has 6 heteroatoms. The van der Waals surface area contributed by atoms with E-state index in [0.717, 1.165) is 70.6 Å². The number of allylic oxidation sites excluding steroid dienone is 14. The number of hydrogen-bond acceptors (Lipinski definition) is 6. The number of hydrogen-bond donors (Lipinski definition) is 0. The maximum absolute atomic E-state index is 12.8. The molecule has 0 aromatic heterocycles. The van der Waals surface area contributed by atoms with Crippen molar-refractivity contribution in [2.24, 2.45) is 0 Å². The van der Waals surface area contributed by atoms with E-state index in [-0.39, 0.29) is 31.1 Å². The molecule has 0 radical (unpaired) electrons. The van der Waals surface area contributed by atoms with Gasteiger partial charge in [-0.1, -0.05) is 228 Å². The molecule has 6 nitrogen and oxygen atoms in total. The summed E-state index contributed by atoms with van der Waals surface area (Å²) in [6.45, 7) is 6.43. The molecule has 0 aliphatic rings. The summed E-state index contributed by atoms with van der Waals surface area (Å²) in [5, 5.41) is 0. The lowest BCUT2D eigenvalue weighted by Gasteiger charge is -2.18. The fourth-order valence-corrected chi connectivity index (χ4v) is 6.76. The van der Waals surface area contributed by atoms with Gasteiger partial charge in [0, 0.05) is 19.3 Å². The molecule has 1 unspecified atom stereocenters. The van der Waals surface area contributed by atoms with Gasteiger partial charge in [0.25, 0.3) is 0 Å². The zero-order valence-electron chi connectivity index (χ0n) is 39.7. The highest BCUT2D eigenvalue weighted by atomic mass is 16.6. The highest BCUT2D eigenvalue weighted by molar-refractivity contribution is 5.71. The first kappa shape index (κ1) is 57.6. The zero-order valence-corrected chi connectivity index (χ0v) is 39.7. The molecule has 0 aliphatic heterocycles. The normalized spacial score (nSPS) is 12.8. The van der Waals surface area contributed by atoms with Crippen molar-refractivity contribution in [2.75, 3.05) is 13.2 Å². The van der Waals surface area contributed by atoms with Crippen LogP contribution in [0.25, 0.3) is 0 Å². The molecule has 0 aromatic carbocycles. The number of ether oxygens (including phenoxy) is 3. The first-order valence-corrected chi connectivity index (χ1v) is 25.2. The van der Waals surface area contributed by atoms with E-state index in [4.69, 9.17) is 14.2 Å². The summed E-state index contributed by atoms with van der Waals surface area (Å²) in [6.07, 6.45) is 62.7. The molecule has 0 N–H and O–H groups in total. The Morgan fingerprint density at radius 1 is 0.344 bits per heavy atom. The van der Waals surface area contributed by atoms with Crippen LogP contribution in [0.15, 0.2) is 85.1 Å². The molecule has 348 valence electrons. The molecule has 0 spiro atoms. The maximum atomic E-state index is 12.8. The second kappa shape index (κ2) is 49.2. The average Bonchev–Trinajstić information content (AvgIpc) is 3.26. The van der Waals surface area contributed by atoms with E-state index >= 15 is 0 Å². The lowest BCUT2D eigenvalue weighted by molar-refractivity contribution is -0.167. The summed E-state index contributed by atoms with van der Waals surface area (Å²) in [5.41, 5.74) is 0. The molecule has 0 aromatic rings.